The maximum absolute atomic E-state index is 6.47. The first-order valence-corrected chi connectivity index (χ1v) is 0.507. The quantitative estimate of drug-likeness (QED) is 0.446. The van der Waals surface area contributed by atoms with Crippen LogP contribution in [0.4, 0.5) is 0 Å². The molecule has 0 spiro atoms. The minimum atomic E-state index is 0. The first kappa shape index (κ1) is 420. The van der Waals surface area contributed by atoms with Crippen LogP contribution in [0.3, 0.4) is 0 Å². The van der Waals surface area contributed by atoms with Gasteiger partial charge in [0.2, 0.25) is 0 Å². The fourth-order valence-corrected chi connectivity index (χ4v) is 0. The molecule has 17 N–H and O–H groups in total. The zero-order valence-corrected chi connectivity index (χ0v) is 8.54. The predicted octanol–water partition coefficient (Wildman–Crippen LogP) is -6.47. The normalized spacial score (nSPS) is 0.545. The molecule has 0 aliphatic heterocycles. The summed E-state index contributed by atoms with van der Waals surface area (Å²) < 4.78 is 6.47. The van der Waals surface area contributed by atoms with Crippen molar-refractivity contribution in [2.24, 2.45) is 0 Å². The van der Waals surface area contributed by atoms with Crippen molar-refractivity contribution in [3.63, 3.8) is 0 Å². The molecule has 0 aromatic carbocycles. The summed E-state index contributed by atoms with van der Waals surface area (Å²) in [5.41, 5.74) is 0. The van der Waals surface area contributed by atoms with Crippen LogP contribution in [0, 0.1) is 0 Å². The van der Waals surface area contributed by atoms with Gasteiger partial charge in [-0.1, -0.05) is 0 Å². The van der Waals surface area contributed by atoms with Crippen LogP contribution in [0.5, 0.6) is 0 Å². The monoisotopic (exact) mass is 286 g/mol. The number of rotatable bonds is 0. The van der Waals surface area contributed by atoms with Crippen molar-refractivity contribution in [2.75, 3.05) is 0 Å². The SMILES string of the molecule is O.O.O.O.O.O.O.O.OCl.[Zr]. The molecular formula is H17ClO9Zr. The second kappa shape index (κ2) is 1570. The van der Waals surface area contributed by atoms with Crippen molar-refractivity contribution in [3.05, 3.63) is 0 Å². The van der Waals surface area contributed by atoms with E-state index < -0.39 is 0 Å². The van der Waals surface area contributed by atoms with Gasteiger partial charge >= 0.3 is 0 Å². The number of hydrogen-bond donors (Lipinski definition) is 1. The van der Waals surface area contributed by atoms with Crippen molar-refractivity contribution < 1.29 is 74.7 Å². The van der Waals surface area contributed by atoms with Crippen molar-refractivity contribution in [1.29, 1.82) is 0 Å². The van der Waals surface area contributed by atoms with Gasteiger partial charge in [-0.3, -0.25) is 4.66 Å². The maximum atomic E-state index is 6.47. The molecule has 0 atom stereocenters. The third-order valence-electron chi connectivity index (χ3n) is 0. The summed E-state index contributed by atoms with van der Waals surface area (Å²) in [6, 6.07) is 0. The summed E-state index contributed by atoms with van der Waals surface area (Å²) >= 11 is 3.64. The zero-order valence-electron chi connectivity index (χ0n) is 5.33. The van der Waals surface area contributed by atoms with Gasteiger partial charge in [0, 0.05) is 26.2 Å². The molecule has 0 heterocycles. The van der Waals surface area contributed by atoms with Crippen LogP contribution in [-0.4, -0.2) is 48.5 Å². The molecule has 82 valence electrons. The fourth-order valence-electron chi connectivity index (χ4n) is 0. The van der Waals surface area contributed by atoms with E-state index in [1.165, 1.54) is 0 Å². The number of hydrogen-bond acceptors (Lipinski definition) is 1. The van der Waals surface area contributed by atoms with E-state index in [1.807, 2.05) is 0 Å². The van der Waals surface area contributed by atoms with E-state index in [1.54, 1.807) is 0 Å². The summed E-state index contributed by atoms with van der Waals surface area (Å²) in [7, 11) is 0. The van der Waals surface area contributed by atoms with E-state index >= 15 is 0 Å². The molecule has 0 aliphatic rings. The fraction of sp³-hybridized carbons (Fsp3) is 0. The Balaban J connectivity index is -0.000000000139. The summed E-state index contributed by atoms with van der Waals surface area (Å²) in [4.78, 5) is 0. The Morgan fingerprint density at radius 3 is 0.455 bits per heavy atom. The smallest absolute Gasteiger partial charge is 0.0579 e. The van der Waals surface area contributed by atoms with E-state index in [0.717, 1.165) is 0 Å². The molecule has 0 aromatic rings. The minimum absolute atomic E-state index is 0. The summed E-state index contributed by atoms with van der Waals surface area (Å²) in [6.07, 6.45) is 0. The predicted molar refractivity (Wildman–Crippen MR) is 37.0 cm³/mol. The van der Waals surface area contributed by atoms with Crippen LogP contribution in [0.15, 0.2) is 0 Å². The minimum Gasteiger partial charge on any atom is -0.412 e. The third kappa shape index (κ3) is 1270. The molecule has 0 fully saturated rings. The average molecular weight is 288 g/mol. The van der Waals surface area contributed by atoms with Crippen molar-refractivity contribution >= 4 is 11.9 Å². The van der Waals surface area contributed by atoms with Crippen LogP contribution >= 0.6 is 11.9 Å². The van der Waals surface area contributed by atoms with E-state index in [9.17, 15) is 0 Å². The first-order valence-electron chi connectivity index (χ1n) is 0.169. The van der Waals surface area contributed by atoms with Crippen molar-refractivity contribution in [3.8, 4) is 0 Å². The van der Waals surface area contributed by atoms with Gasteiger partial charge < -0.3 is 43.8 Å². The van der Waals surface area contributed by atoms with Crippen LogP contribution in [-0.2, 0) is 26.2 Å². The molecule has 0 aromatic heterocycles. The van der Waals surface area contributed by atoms with E-state index in [2.05, 4.69) is 11.9 Å². The maximum Gasteiger partial charge on any atom is 0.0579 e. The Morgan fingerprint density at radius 2 is 0.455 bits per heavy atom. The Labute approximate surface area is 86.7 Å². The van der Waals surface area contributed by atoms with Crippen molar-refractivity contribution in [1.82, 2.24) is 0 Å². The average Bonchev–Trinajstić information content (AvgIpc) is 1.00. The molecular weight excluding hydrogens is 271 g/mol. The standard InChI is InChI=1S/ClHO.8H2O.Zr/c1-2;;;;;;;;;/h2H;8*1H2;. The Morgan fingerprint density at radius 1 is 0.455 bits per heavy atom. The van der Waals surface area contributed by atoms with E-state index in [0.29, 0.717) is 0 Å². The molecule has 0 rings (SSSR count). The van der Waals surface area contributed by atoms with Gasteiger partial charge in [-0.2, -0.15) is 0 Å². The van der Waals surface area contributed by atoms with E-state index in [-0.39, 0.29) is 70.0 Å². The molecule has 9 nitrogen and oxygen atoms in total. The molecule has 0 saturated heterocycles. The second-order valence-corrected chi connectivity index (χ2v) is 0. The third-order valence-corrected chi connectivity index (χ3v) is 0. The molecule has 0 radical (unpaired) electrons. The molecule has 11 heteroatoms. The topological polar surface area (TPSA) is 272 Å². The molecule has 11 heavy (non-hydrogen) atoms. The van der Waals surface area contributed by atoms with Gasteiger partial charge in [-0.25, -0.2) is 0 Å². The Kier molecular flexibility index (Phi) is 60200. The largest absolute Gasteiger partial charge is 0.412 e. The summed E-state index contributed by atoms with van der Waals surface area (Å²) in [6.45, 7) is 0. The molecule has 0 bridgehead atoms. The van der Waals surface area contributed by atoms with Gasteiger partial charge in [0.15, 0.2) is 0 Å². The van der Waals surface area contributed by atoms with Gasteiger partial charge in [-0.15, -0.1) is 0 Å². The molecule has 0 aliphatic carbocycles. The van der Waals surface area contributed by atoms with Gasteiger partial charge in [0.05, 0.1) is 11.9 Å². The van der Waals surface area contributed by atoms with E-state index in [4.69, 9.17) is 4.66 Å². The Hall–Kier alpha value is 0.813. The van der Waals surface area contributed by atoms with Gasteiger partial charge in [0.25, 0.3) is 0 Å². The molecule has 0 unspecified atom stereocenters. The first-order chi connectivity index (χ1) is 1.00. The van der Waals surface area contributed by atoms with Crippen molar-refractivity contribution in [2.45, 2.75) is 0 Å². The number of halogens is 1. The molecule has 0 saturated carbocycles. The second-order valence-electron chi connectivity index (χ2n) is 0. The summed E-state index contributed by atoms with van der Waals surface area (Å²) in [5, 5.41) is 0. The van der Waals surface area contributed by atoms with Crippen LogP contribution < -0.4 is 0 Å². The van der Waals surface area contributed by atoms with Crippen LogP contribution in [0.1, 0.15) is 0 Å². The van der Waals surface area contributed by atoms with Crippen LogP contribution in [0.25, 0.3) is 0 Å². The van der Waals surface area contributed by atoms with Crippen LogP contribution in [0.2, 0.25) is 0 Å². The summed E-state index contributed by atoms with van der Waals surface area (Å²) in [5.74, 6) is 0. The van der Waals surface area contributed by atoms with Gasteiger partial charge in [0.1, 0.15) is 0 Å². The zero-order chi connectivity index (χ0) is 2.00. The van der Waals surface area contributed by atoms with Gasteiger partial charge in [-0.05, 0) is 0 Å². The Bertz CT molecular complexity index is 9.52. The molecule has 0 amide bonds.